The van der Waals surface area contributed by atoms with Crippen LogP contribution in [0.3, 0.4) is 0 Å². The molecule has 2 aromatic carbocycles. The molecule has 0 aromatic heterocycles. The number of rotatable bonds is 10. The van der Waals surface area contributed by atoms with Crippen molar-refractivity contribution in [1.82, 2.24) is 4.90 Å². The third-order valence-corrected chi connectivity index (χ3v) is 6.41. The smallest absolute Gasteiger partial charge is 0.303 e. The van der Waals surface area contributed by atoms with Crippen LogP contribution in [0.2, 0.25) is 0 Å². The van der Waals surface area contributed by atoms with Gasteiger partial charge in [0.05, 0.1) is 26.1 Å². The van der Waals surface area contributed by atoms with Gasteiger partial charge in [0.1, 0.15) is 0 Å². The molecule has 3 N–H and O–H groups in total. The average molecular weight is 512 g/mol. The largest absolute Gasteiger partial charge is 0.550 e. The Bertz CT molecular complexity index is 1000. The van der Waals surface area contributed by atoms with Gasteiger partial charge < -0.3 is 30.1 Å². The molecule has 1 atom stereocenters. The molecular weight excluding hydrogens is 474 g/mol. The molecule has 1 aliphatic heterocycles. The van der Waals surface area contributed by atoms with Gasteiger partial charge in [-0.1, -0.05) is 37.3 Å². The summed E-state index contributed by atoms with van der Waals surface area (Å²) in [7, 11) is 2.27. The first-order chi connectivity index (χ1) is 17.7. The molecule has 3 rings (SSSR count). The van der Waals surface area contributed by atoms with Crippen molar-refractivity contribution in [3.63, 3.8) is 0 Å². The highest BCUT2D eigenvalue weighted by Crippen LogP contribution is 2.15. The number of benzene rings is 2. The number of anilines is 1. The standard InChI is InChI=1S/C24H31N3O2.C4H6O4/c1-3-23(28)25-21-11-9-20(10-12-21)24(29)27-17-14-22(15-18-27)26(2)16-13-19-7-5-4-6-8-19;5-3(6)1-2-4(7)8/h4-12,22H,3,13-18H2,1-2H3,(H,25,28);1-2H2,(H,5,6)(H,7,8). The Balaban J connectivity index is 0.000000521. The van der Waals surface area contributed by atoms with Gasteiger partial charge >= 0.3 is 5.97 Å². The number of likely N-dealkylation sites (tertiary alicyclic amines) is 1. The molecule has 1 aliphatic rings. The predicted octanol–water partition coefficient (Wildman–Crippen LogP) is 0.998. The van der Waals surface area contributed by atoms with Gasteiger partial charge in [-0.05, 0) is 36.2 Å². The molecular formula is C28H37N3O6. The molecule has 0 spiro atoms. The van der Waals surface area contributed by atoms with Crippen LogP contribution < -0.4 is 15.3 Å². The number of likely N-dealkylation sites (N-methyl/N-ethyl adjacent to an activating group) is 1. The summed E-state index contributed by atoms with van der Waals surface area (Å²) >= 11 is 0. The van der Waals surface area contributed by atoms with Crippen molar-refractivity contribution in [2.24, 2.45) is 0 Å². The molecule has 0 radical (unpaired) electrons. The predicted molar refractivity (Wildman–Crippen MR) is 138 cm³/mol. The van der Waals surface area contributed by atoms with Crippen LogP contribution in [-0.2, 0) is 20.8 Å². The molecule has 1 unspecified atom stereocenters. The number of aliphatic carboxylic acids is 2. The second kappa shape index (κ2) is 15.4. The zero-order valence-corrected chi connectivity index (χ0v) is 21.6. The van der Waals surface area contributed by atoms with Crippen molar-refractivity contribution in [3.05, 3.63) is 65.7 Å². The maximum Gasteiger partial charge on any atom is 0.303 e. The maximum absolute atomic E-state index is 12.8. The molecule has 0 saturated carbocycles. The van der Waals surface area contributed by atoms with Crippen molar-refractivity contribution >= 4 is 29.4 Å². The van der Waals surface area contributed by atoms with Gasteiger partial charge in [0.25, 0.3) is 5.91 Å². The van der Waals surface area contributed by atoms with Crippen molar-refractivity contribution in [3.8, 4) is 0 Å². The summed E-state index contributed by atoms with van der Waals surface area (Å²) in [6, 6.07) is 18.4. The minimum atomic E-state index is -1.33. The number of carbonyl (C=O) groups is 4. The van der Waals surface area contributed by atoms with E-state index in [4.69, 9.17) is 5.11 Å². The molecule has 9 nitrogen and oxygen atoms in total. The van der Waals surface area contributed by atoms with Crippen LogP contribution >= 0.6 is 0 Å². The lowest BCUT2D eigenvalue weighted by atomic mass is 10.0. The second-order valence-corrected chi connectivity index (χ2v) is 9.14. The van der Waals surface area contributed by atoms with E-state index in [0.717, 1.165) is 44.6 Å². The van der Waals surface area contributed by atoms with Gasteiger partial charge in [0.15, 0.2) is 0 Å². The van der Waals surface area contributed by atoms with Crippen LogP contribution in [0.1, 0.15) is 54.9 Å². The molecule has 0 bridgehead atoms. The van der Waals surface area contributed by atoms with Gasteiger partial charge in [-0.2, -0.15) is 0 Å². The molecule has 37 heavy (non-hydrogen) atoms. The first-order valence-electron chi connectivity index (χ1n) is 12.7. The SMILES string of the molecule is CCC(=O)Nc1ccc(C(=O)N2CCC([NH+](C)CCc3ccccc3)CC2)cc1.O=C([O-])CCC(=O)O. The van der Waals surface area contributed by atoms with Gasteiger partial charge in [0, 0.05) is 56.0 Å². The maximum atomic E-state index is 12.8. The lowest BCUT2D eigenvalue weighted by Gasteiger charge is -2.34. The Hall–Kier alpha value is -3.72. The van der Waals surface area contributed by atoms with Gasteiger partial charge in [-0.25, -0.2) is 0 Å². The van der Waals surface area contributed by atoms with E-state index in [2.05, 4.69) is 42.7 Å². The zero-order valence-electron chi connectivity index (χ0n) is 21.6. The van der Waals surface area contributed by atoms with E-state index in [1.165, 1.54) is 5.56 Å². The summed E-state index contributed by atoms with van der Waals surface area (Å²) in [5.41, 5.74) is 2.80. The number of nitrogens with zero attached hydrogens (tertiary/aromatic N) is 1. The number of amides is 2. The Morgan fingerprint density at radius 2 is 1.62 bits per heavy atom. The molecule has 200 valence electrons. The summed E-state index contributed by atoms with van der Waals surface area (Å²) in [6.45, 7) is 4.55. The third-order valence-electron chi connectivity index (χ3n) is 6.41. The summed E-state index contributed by atoms with van der Waals surface area (Å²) in [4.78, 5) is 46.9. The number of hydrogen-bond acceptors (Lipinski definition) is 5. The molecule has 1 fully saturated rings. The summed E-state index contributed by atoms with van der Waals surface area (Å²) in [5, 5.41) is 20.2. The normalized spacial score (nSPS) is 14.2. The zero-order chi connectivity index (χ0) is 27.2. The van der Waals surface area contributed by atoms with E-state index in [1.54, 1.807) is 29.2 Å². The summed E-state index contributed by atoms with van der Waals surface area (Å²) < 4.78 is 0. The molecule has 9 heteroatoms. The Morgan fingerprint density at radius 1 is 1.00 bits per heavy atom. The van der Waals surface area contributed by atoms with E-state index >= 15 is 0 Å². The molecule has 2 amide bonds. The van der Waals surface area contributed by atoms with E-state index in [0.29, 0.717) is 18.0 Å². The first kappa shape index (κ1) is 29.5. The lowest BCUT2D eigenvalue weighted by Crippen LogP contribution is -3.13. The molecule has 0 aliphatic carbocycles. The van der Waals surface area contributed by atoms with E-state index in [9.17, 15) is 24.3 Å². The average Bonchev–Trinajstić information content (AvgIpc) is 2.91. The first-order valence-corrected chi connectivity index (χ1v) is 12.7. The van der Waals surface area contributed by atoms with Crippen LogP contribution in [0.5, 0.6) is 0 Å². The lowest BCUT2D eigenvalue weighted by molar-refractivity contribution is -0.907. The molecule has 1 saturated heterocycles. The number of carbonyl (C=O) groups excluding carboxylic acids is 3. The van der Waals surface area contributed by atoms with Crippen LogP contribution in [0.4, 0.5) is 5.69 Å². The minimum Gasteiger partial charge on any atom is -0.550 e. The van der Waals surface area contributed by atoms with Gasteiger partial charge in [0.2, 0.25) is 5.91 Å². The van der Waals surface area contributed by atoms with Crippen molar-refractivity contribution in [1.29, 1.82) is 0 Å². The molecule has 1 heterocycles. The number of nitrogens with one attached hydrogen (secondary N) is 2. The monoisotopic (exact) mass is 511 g/mol. The van der Waals surface area contributed by atoms with Crippen LogP contribution in [0.15, 0.2) is 54.6 Å². The number of carboxylic acid groups (broad SMARTS) is 2. The van der Waals surface area contributed by atoms with Crippen molar-refractivity contribution in [2.45, 2.75) is 51.5 Å². The van der Waals surface area contributed by atoms with Crippen LogP contribution in [0, 0.1) is 0 Å². The van der Waals surface area contributed by atoms with Gasteiger partial charge in [-0.3, -0.25) is 14.4 Å². The number of hydrogen-bond donors (Lipinski definition) is 3. The van der Waals surface area contributed by atoms with E-state index in [-0.39, 0.29) is 18.2 Å². The van der Waals surface area contributed by atoms with E-state index < -0.39 is 18.4 Å². The Morgan fingerprint density at radius 3 is 2.14 bits per heavy atom. The topological polar surface area (TPSA) is 131 Å². The summed E-state index contributed by atoms with van der Waals surface area (Å²) in [6.07, 6.45) is 2.84. The highest BCUT2D eigenvalue weighted by atomic mass is 16.4. The quantitative estimate of drug-likeness (QED) is 0.436. The number of quaternary nitrogens is 1. The van der Waals surface area contributed by atoms with Crippen LogP contribution in [-0.4, -0.2) is 66.5 Å². The van der Waals surface area contributed by atoms with Gasteiger partial charge in [-0.15, -0.1) is 0 Å². The third kappa shape index (κ3) is 10.8. The van der Waals surface area contributed by atoms with Crippen molar-refractivity contribution in [2.75, 3.05) is 32.0 Å². The second-order valence-electron chi connectivity index (χ2n) is 9.14. The fourth-order valence-electron chi connectivity index (χ4n) is 4.10. The van der Waals surface area contributed by atoms with Crippen LogP contribution in [0.25, 0.3) is 0 Å². The number of carboxylic acids is 2. The Kier molecular flexibility index (Phi) is 12.3. The highest BCUT2D eigenvalue weighted by molar-refractivity contribution is 5.95. The fraction of sp³-hybridized carbons (Fsp3) is 0.429. The number of piperidine rings is 1. The minimum absolute atomic E-state index is 0.0231. The fourth-order valence-corrected chi connectivity index (χ4v) is 4.10. The highest BCUT2D eigenvalue weighted by Gasteiger charge is 2.28. The van der Waals surface area contributed by atoms with Crippen molar-refractivity contribution < 1.29 is 34.3 Å². The van der Waals surface area contributed by atoms with E-state index in [1.807, 2.05) is 11.8 Å². The summed E-state index contributed by atoms with van der Waals surface area (Å²) in [5.74, 6) is -2.38. The Labute approximate surface area is 218 Å². The molecule has 2 aromatic rings.